The predicted octanol–water partition coefficient (Wildman–Crippen LogP) is 4.05. The van der Waals surface area contributed by atoms with E-state index in [1.165, 1.54) is 47.5 Å². The van der Waals surface area contributed by atoms with Crippen LogP contribution in [-0.2, 0) is 19.1 Å². The molecule has 4 nitrogen and oxygen atoms in total. The second kappa shape index (κ2) is 6.66. The Labute approximate surface area is 144 Å². The summed E-state index contributed by atoms with van der Waals surface area (Å²) in [6.07, 6.45) is 0. The third kappa shape index (κ3) is 2.92. The molecule has 0 aliphatic carbocycles. The maximum Gasteiger partial charge on any atom is 0.346 e. The van der Waals surface area contributed by atoms with Gasteiger partial charge >= 0.3 is 11.9 Å². The first kappa shape index (κ1) is 15.9. The molecule has 0 saturated heterocycles. The molecule has 0 unspecified atom stereocenters. The number of methoxy groups -OCH3 is 2. The summed E-state index contributed by atoms with van der Waals surface area (Å²) in [6.45, 7) is 0. The zero-order chi connectivity index (χ0) is 15.7. The third-order valence-corrected chi connectivity index (χ3v) is 8.39. The van der Waals surface area contributed by atoms with Gasteiger partial charge in [0.15, 0.2) is 0 Å². The van der Waals surface area contributed by atoms with Crippen LogP contribution in [0.4, 0.5) is 0 Å². The van der Waals surface area contributed by atoms with Crippen molar-refractivity contribution >= 4 is 59.0 Å². The highest BCUT2D eigenvalue weighted by atomic mass is 32.2. The molecule has 2 heterocycles. The van der Waals surface area contributed by atoms with Crippen molar-refractivity contribution in [1.82, 2.24) is 0 Å². The molecule has 0 aromatic heterocycles. The molecule has 2 aliphatic heterocycles. The fourth-order valence-electron chi connectivity index (χ4n) is 1.76. The first-order chi connectivity index (χ1) is 10.6. The van der Waals surface area contributed by atoms with E-state index in [0.29, 0.717) is 9.81 Å². The number of thioether (sulfide) groups is 4. The van der Waals surface area contributed by atoms with E-state index in [-0.39, 0.29) is 0 Å². The molecular weight excluding hydrogens is 360 g/mol. The molecule has 0 radical (unpaired) electrons. The molecule has 22 heavy (non-hydrogen) atoms. The molecule has 0 spiro atoms. The number of hydrogen-bond donors (Lipinski definition) is 0. The Hall–Kier alpha value is -0.960. The van der Waals surface area contributed by atoms with Gasteiger partial charge in [0, 0.05) is 9.79 Å². The van der Waals surface area contributed by atoms with Gasteiger partial charge in [0.25, 0.3) is 0 Å². The van der Waals surface area contributed by atoms with E-state index in [1.54, 1.807) is 23.5 Å². The van der Waals surface area contributed by atoms with Crippen molar-refractivity contribution in [3.63, 3.8) is 0 Å². The maximum absolute atomic E-state index is 11.9. The molecule has 0 saturated carbocycles. The quantitative estimate of drug-likeness (QED) is 0.723. The van der Waals surface area contributed by atoms with Crippen LogP contribution in [0.25, 0.3) is 0 Å². The fourth-order valence-corrected chi connectivity index (χ4v) is 7.05. The Morgan fingerprint density at radius 1 is 0.773 bits per heavy atom. The van der Waals surface area contributed by atoms with E-state index in [0.717, 1.165) is 8.47 Å². The second-order valence-corrected chi connectivity index (χ2v) is 8.73. The number of ether oxygens (including phenoxy) is 2. The van der Waals surface area contributed by atoms with Gasteiger partial charge in [-0.05, 0) is 12.1 Å². The first-order valence-corrected chi connectivity index (χ1v) is 9.36. The number of carbonyl (C=O) groups excluding carboxylic acids is 2. The Morgan fingerprint density at radius 3 is 1.59 bits per heavy atom. The van der Waals surface area contributed by atoms with Crippen molar-refractivity contribution in [3.8, 4) is 0 Å². The van der Waals surface area contributed by atoms with Crippen molar-refractivity contribution in [1.29, 1.82) is 0 Å². The van der Waals surface area contributed by atoms with Gasteiger partial charge in [-0.1, -0.05) is 59.2 Å². The molecule has 0 amide bonds. The van der Waals surface area contributed by atoms with E-state index < -0.39 is 11.9 Å². The molecule has 1 aromatic carbocycles. The monoisotopic (exact) mass is 370 g/mol. The highest BCUT2D eigenvalue weighted by molar-refractivity contribution is 8.33. The molecule has 0 atom stereocenters. The van der Waals surface area contributed by atoms with Crippen LogP contribution in [0.5, 0.6) is 0 Å². The minimum atomic E-state index is -0.515. The van der Waals surface area contributed by atoms with Gasteiger partial charge in [-0.3, -0.25) is 0 Å². The zero-order valence-corrected chi connectivity index (χ0v) is 14.8. The van der Waals surface area contributed by atoms with Crippen LogP contribution in [0.1, 0.15) is 0 Å². The zero-order valence-electron chi connectivity index (χ0n) is 11.6. The van der Waals surface area contributed by atoms with Gasteiger partial charge in [0.1, 0.15) is 9.81 Å². The first-order valence-electron chi connectivity index (χ1n) is 6.09. The van der Waals surface area contributed by atoms with Gasteiger partial charge in [-0.2, -0.15) is 0 Å². The van der Waals surface area contributed by atoms with Gasteiger partial charge in [-0.15, -0.1) is 0 Å². The summed E-state index contributed by atoms with van der Waals surface area (Å²) < 4.78 is 11.5. The molecule has 3 rings (SSSR count). The fraction of sp³-hybridized carbons (Fsp3) is 0.143. The maximum atomic E-state index is 11.9. The molecular formula is C14H10O4S4. The van der Waals surface area contributed by atoms with E-state index in [2.05, 4.69) is 12.1 Å². The summed E-state index contributed by atoms with van der Waals surface area (Å²) in [4.78, 5) is 26.7. The average molecular weight is 370 g/mol. The number of esters is 2. The average Bonchev–Trinajstić information content (AvgIpc) is 3.17. The summed E-state index contributed by atoms with van der Waals surface area (Å²) in [5.41, 5.74) is 0. The highest BCUT2D eigenvalue weighted by Gasteiger charge is 2.35. The molecule has 0 N–H and O–H groups in total. The van der Waals surface area contributed by atoms with Gasteiger partial charge in [0.05, 0.1) is 22.7 Å². The number of carbonyl (C=O) groups is 2. The number of rotatable bonds is 2. The SMILES string of the molecule is COC(=O)C1=C(C(=O)OC)SC(=C2Sc3ccccc3S2)S1. The number of fused-ring (bicyclic) bond motifs is 1. The summed E-state index contributed by atoms with van der Waals surface area (Å²) in [5.74, 6) is -1.03. The summed E-state index contributed by atoms with van der Waals surface area (Å²) in [7, 11) is 2.60. The lowest BCUT2D eigenvalue weighted by Crippen LogP contribution is -2.08. The third-order valence-electron chi connectivity index (χ3n) is 2.76. The molecule has 0 fully saturated rings. The van der Waals surface area contributed by atoms with Gasteiger partial charge in [0.2, 0.25) is 0 Å². The lowest BCUT2D eigenvalue weighted by atomic mass is 10.4. The number of hydrogen-bond acceptors (Lipinski definition) is 8. The van der Waals surface area contributed by atoms with Crippen LogP contribution in [-0.4, -0.2) is 26.2 Å². The Balaban J connectivity index is 1.90. The van der Waals surface area contributed by atoms with Crippen molar-refractivity contribution in [2.24, 2.45) is 0 Å². The molecule has 114 valence electrons. The Morgan fingerprint density at radius 2 is 1.18 bits per heavy atom. The van der Waals surface area contributed by atoms with E-state index >= 15 is 0 Å². The van der Waals surface area contributed by atoms with Crippen LogP contribution in [0.3, 0.4) is 0 Å². The largest absolute Gasteiger partial charge is 0.465 e. The lowest BCUT2D eigenvalue weighted by molar-refractivity contribution is -0.138. The van der Waals surface area contributed by atoms with E-state index in [4.69, 9.17) is 9.47 Å². The van der Waals surface area contributed by atoms with Crippen LogP contribution >= 0.6 is 47.0 Å². The summed E-state index contributed by atoms with van der Waals surface area (Å²) in [5, 5.41) is 0. The number of benzene rings is 1. The van der Waals surface area contributed by atoms with Crippen molar-refractivity contribution in [2.75, 3.05) is 14.2 Å². The topological polar surface area (TPSA) is 52.6 Å². The predicted molar refractivity (Wildman–Crippen MR) is 91.4 cm³/mol. The minimum Gasteiger partial charge on any atom is -0.465 e. The van der Waals surface area contributed by atoms with Crippen LogP contribution in [0.2, 0.25) is 0 Å². The van der Waals surface area contributed by atoms with Crippen molar-refractivity contribution in [2.45, 2.75) is 9.79 Å². The summed E-state index contributed by atoms with van der Waals surface area (Å²) >= 11 is 5.83. The van der Waals surface area contributed by atoms with E-state index in [1.807, 2.05) is 12.1 Å². The Bertz CT molecular complexity index is 666. The van der Waals surface area contributed by atoms with Crippen LogP contribution in [0.15, 0.2) is 52.3 Å². The smallest absolute Gasteiger partial charge is 0.346 e. The summed E-state index contributed by atoms with van der Waals surface area (Å²) in [6, 6.07) is 8.10. The molecule has 2 aliphatic rings. The normalized spacial score (nSPS) is 16.8. The standard InChI is InChI=1S/C14H10O4S4/c1-17-11(15)9-10(12(16)18-2)22-14(21-9)13-19-7-5-3-4-6-8(7)20-13/h3-6H,1-2H3. The minimum absolute atomic E-state index is 0.291. The second-order valence-electron chi connectivity index (χ2n) is 4.07. The van der Waals surface area contributed by atoms with Crippen LogP contribution in [0, 0.1) is 0 Å². The molecule has 8 heteroatoms. The molecule has 1 aromatic rings. The van der Waals surface area contributed by atoms with Gasteiger partial charge in [-0.25, -0.2) is 9.59 Å². The highest BCUT2D eigenvalue weighted by Crippen LogP contribution is 2.60. The van der Waals surface area contributed by atoms with Crippen LogP contribution < -0.4 is 0 Å². The van der Waals surface area contributed by atoms with Crippen molar-refractivity contribution in [3.05, 3.63) is 42.6 Å². The molecule has 0 bridgehead atoms. The Kier molecular flexibility index (Phi) is 4.82. The van der Waals surface area contributed by atoms with Crippen molar-refractivity contribution < 1.29 is 19.1 Å². The lowest BCUT2D eigenvalue weighted by Gasteiger charge is -2.00. The van der Waals surface area contributed by atoms with E-state index in [9.17, 15) is 9.59 Å². The van der Waals surface area contributed by atoms with Gasteiger partial charge < -0.3 is 9.47 Å².